The fraction of sp³-hybridized carbons (Fsp3) is 0.429. The number of ether oxygens (including phenoxy) is 1. The van der Waals surface area contributed by atoms with Crippen LogP contribution in [0.15, 0.2) is 27.9 Å². The van der Waals surface area contributed by atoms with Crippen LogP contribution in [0.4, 0.5) is 5.69 Å². The summed E-state index contributed by atoms with van der Waals surface area (Å²) in [5.74, 6) is -0.547. The highest BCUT2D eigenvalue weighted by molar-refractivity contribution is 8.00. The molecule has 5 nitrogen and oxygen atoms in total. The van der Waals surface area contributed by atoms with Crippen molar-refractivity contribution in [1.82, 2.24) is 0 Å². The van der Waals surface area contributed by atoms with E-state index in [0.717, 1.165) is 18.8 Å². The molecule has 0 atom stereocenters. The molecule has 0 amide bonds. The van der Waals surface area contributed by atoms with Crippen molar-refractivity contribution in [2.75, 3.05) is 30.9 Å². The summed E-state index contributed by atoms with van der Waals surface area (Å²) in [5.41, 5.74) is 0.296. The minimum Gasteiger partial charge on any atom is -0.504 e. The summed E-state index contributed by atoms with van der Waals surface area (Å²) in [6.45, 7) is 5.48. The Bertz CT molecular complexity index is 529. The molecular weight excluding hydrogens is 278 g/mol. The first-order chi connectivity index (χ1) is 9.51. The minimum absolute atomic E-state index is 0.131. The van der Waals surface area contributed by atoms with Crippen LogP contribution in [-0.4, -0.2) is 37.0 Å². The van der Waals surface area contributed by atoms with Crippen molar-refractivity contribution in [2.24, 2.45) is 0 Å². The number of anilines is 1. The van der Waals surface area contributed by atoms with E-state index in [1.165, 1.54) is 31.0 Å². The van der Waals surface area contributed by atoms with E-state index in [2.05, 4.69) is 4.74 Å². The number of hydrogen-bond acceptors (Lipinski definition) is 6. The van der Waals surface area contributed by atoms with Crippen LogP contribution in [-0.2, 0) is 9.53 Å². The molecule has 0 fully saturated rings. The molecule has 0 aliphatic rings. The Kier molecular flexibility index (Phi) is 6.38. The van der Waals surface area contributed by atoms with Crippen molar-refractivity contribution in [2.45, 2.75) is 18.7 Å². The number of nitrogens with zero attached hydrogens (tertiary/aromatic N) is 1. The molecule has 0 bridgehead atoms. The van der Waals surface area contributed by atoms with Crippen LogP contribution < -0.4 is 10.3 Å². The summed E-state index contributed by atoms with van der Waals surface area (Å²) < 4.78 is 4.57. The SMILES string of the molecule is CCN(CC)c1cc(SCC(=O)OC)cc(O)c(=O)c1. The van der Waals surface area contributed by atoms with E-state index in [9.17, 15) is 14.7 Å². The fourth-order valence-corrected chi connectivity index (χ4v) is 2.50. The van der Waals surface area contributed by atoms with Gasteiger partial charge in [-0.1, -0.05) is 0 Å². The normalized spacial score (nSPS) is 10.2. The maximum absolute atomic E-state index is 11.7. The Morgan fingerprint density at radius 3 is 2.50 bits per heavy atom. The molecule has 1 aromatic carbocycles. The third kappa shape index (κ3) is 4.45. The molecule has 0 unspecified atom stereocenters. The van der Waals surface area contributed by atoms with Gasteiger partial charge < -0.3 is 14.7 Å². The number of carbonyl (C=O) groups is 1. The van der Waals surface area contributed by atoms with E-state index in [1.54, 1.807) is 6.07 Å². The highest BCUT2D eigenvalue weighted by Gasteiger charge is 2.08. The quantitative estimate of drug-likeness (QED) is 0.638. The van der Waals surface area contributed by atoms with Gasteiger partial charge in [-0.25, -0.2) is 0 Å². The van der Waals surface area contributed by atoms with Gasteiger partial charge in [-0.2, -0.15) is 0 Å². The van der Waals surface area contributed by atoms with Crippen LogP contribution in [0.25, 0.3) is 0 Å². The van der Waals surface area contributed by atoms with Crippen molar-refractivity contribution < 1.29 is 14.6 Å². The molecule has 0 aliphatic carbocycles. The number of methoxy groups -OCH3 is 1. The Morgan fingerprint density at radius 1 is 1.30 bits per heavy atom. The lowest BCUT2D eigenvalue weighted by molar-refractivity contribution is -0.137. The average Bonchev–Trinajstić information content (AvgIpc) is 2.57. The van der Waals surface area contributed by atoms with Crippen LogP contribution in [0.1, 0.15) is 13.8 Å². The highest BCUT2D eigenvalue weighted by atomic mass is 32.2. The molecule has 0 aliphatic heterocycles. The molecule has 0 saturated carbocycles. The van der Waals surface area contributed by atoms with Crippen molar-refractivity contribution in [3.63, 3.8) is 0 Å². The monoisotopic (exact) mass is 297 g/mol. The van der Waals surface area contributed by atoms with E-state index >= 15 is 0 Å². The summed E-state index contributed by atoms with van der Waals surface area (Å²) in [6.07, 6.45) is 0. The van der Waals surface area contributed by atoms with E-state index in [1.807, 2.05) is 18.7 Å². The molecule has 6 heteroatoms. The van der Waals surface area contributed by atoms with Crippen molar-refractivity contribution in [1.29, 1.82) is 0 Å². The first kappa shape index (κ1) is 16.4. The van der Waals surface area contributed by atoms with Crippen LogP contribution in [0, 0.1) is 0 Å². The molecule has 0 aromatic heterocycles. The van der Waals surface area contributed by atoms with E-state index in [0.29, 0.717) is 4.90 Å². The van der Waals surface area contributed by atoms with Crippen molar-refractivity contribution >= 4 is 23.4 Å². The predicted octanol–water partition coefficient (Wildman–Crippen LogP) is 1.86. The molecule has 1 rings (SSSR count). The summed E-state index contributed by atoms with van der Waals surface area (Å²) in [5, 5.41) is 9.67. The smallest absolute Gasteiger partial charge is 0.315 e. The molecule has 0 heterocycles. The van der Waals surface area contributed by atoms with Gasteiger partial charge in [-0.05, 0) is 26.0 Å². The number of aromatic hydroxyl groups is 1. The maximum Gasteiger partial charge on any atom is 0.315 e. The van der Waals surface area contributed by atoms with E-state index in [4.69, 9.17) is 0 Å². The maximum atomic E-state index is 11.7. The fourth-order valence-electron chi connectivity index (χ4n) is 1.70. The molecule has 0 saturated heterocycles. The third-order valence-electron chi connectivity index (χ3n) is 2.81. The number of thioether (sulfide) groups is 1. The van der Waals surface area contributed by atoms with Gasteiger partial charge in [0.15, 0.2) is 5.75 Å². The minimum atomic E-state index is -0.434. The number of rotatable bonds is 6. The lowest BCUT2D eigenvalue weighted by Crippen LogP contribution is -2.22. The zero-order valence-electron chi connectivity index (χ0n) is 11.9. The van der Waals surface area contributed by atoms with Crippen LogP contribution in [0.5, 0.6) is 5.75 Å². The molecule has 1 N–H and O–H groups in total. The summed E-state index contributed by atoms with van der Waals surface area (Å²) >= 11 is 1.22. The zero-order chi connectivity index (χ0) is 15.1. The zero-order valence-corrected chi connectivity index (χ0v) is 12.7. The molecule has 0 radical (unpaired) electrons. The van der Waals surface area contributed by atoms with Gasteiger partial charge in [0, 0.05) is 29.7 Å². The second-order valence-corrected chi connectivity index (χ2v) is 5.10. The van der Waals surface area contributed by atoms with Gasteiger partial charge in [-0.15, -0.1) is 11.8 Å². The van der Waals surface area contributed by atoms with Gasteiger partial charge >= 0.3 is 5.97 Å². The second kappa shape index (κ2) is 7.79. The summed E-state index contributed by atoms with van der Waals surface area (Å²) in [4.78, 5) is 25.6. The van der Waals surface area contributed by atoms with Crippen LogP contribution in [0.2, 0.25) is 0 Å². The van der Waals surface area contributed by atoms with Gasteiger partial charge in [-0.3, -0.25) is 9.59 Å². The topological polar surface area (TPSA) is 66.8 Å². The van der Waals surface area contributed by atoms with Crippen molar-refractivity contribution in [3.05, 3.63) is 28.4 Å². The largest absolute Gasteiger partial charge is 0.504 e. The summed E-state index contributed by atoms with van der Waals surface area (Å²) in [6, 6.07) is 4.58. The number of hydrogen-bond donors (Lipinski definition) is 1. The molecule has 1 aromatic rings. The molecular formula is C14H19NO4S. The standard InChI is InChI=1S/C14H19NO4S/c1-4-15(5-2)10-6-11(20-9-14(18)19-3)8-13(17)12(16)7-10/h6-8H,4-5,9H2,1-3H3,(H,16,17). The van der Waals surface area contributed by atoms with Crippen molar-refractivity contribution in [3.8, 4) is 5.75 Å². The first-order valence-electron chi connectivity index (χ1n) is 6.34. The Labute approximate surface area is 122 Å². The average molecular weight is 297 g/mol. The Hall–Kier alpha value is -1.69. The Morgan fingerprint density at radius 2 is 1.95 bits per heavy atom. The van der Waals surface area contributed by atoms with Gasteiger partial charge in [0.2, 0.25) is 5.43 Å². The van der Waals surface area contributed by atoms with Gasteiger partial charge in [0.1, 0.15) is 0 Å². The second-order valence-electron chi connectivity index (χ2n) is 4.05. The van der Waals surface area contributed by atoms with E-state index in [-0.39, 0.29) is 17.5 Å². The molecule has 110 valence electrons. The summed E-state index contributed by atoms with van der Waals surface area (Å²) in [7, 11) is 1.32. The van der Waals surface area contributed by atoms with Crippen LogP contribution >= 0.6 is 11.8 Å². The van der Waals surface area contributed by atoms with Crippen LogP contribution in [0.3, 0.4) is 0 Å². The first-order valence-corrected chi connectivity index (χ1v) is 7.33. The number of carbonyl (C=O) groups excluding carboxylic acids is 1. The molecule has 20 heavy (non-hydrogen) atoms. The predicted molar refractivity (Wildman–Crippen MR) is 80.7 cm³/mol. The van der Waals surface area contributed by atoms with Gasteiger partial charge in [0.05, 0.1) is 12.9 Å². The number of esters is 1. The molecule has 0 spiro atoms. The third-order valence-corrected chi connectivity index (χ3v) is 3.76. The highest BCUT2D eigenvalue weighted by Crippen LogP contribution is 2.24. The lowest BCUT2D eigenvalue weighted by atomic mass is 10.3. The Balaban J connectivity index is 3.15. The van der Waals surface area contributed by atoms with Gasteiger partial charge in [0.25, 0.3) is 0 Å². The van der Waals surface area contributed by atoms with E-state index < -0.39 is 5.43 Å². The lowest BCUT2D eigenvalue weighted by Gasteiger charge is -2.19.